The predicted octanol–water partition coefficient (Wildman–Crippen LogP) is 3.92. The molecule has 0 radical (unpaired) electrons. The van der Waals surface area contributed by atoms with Gasteiger partial charge < -0.3 is 15.0 Å². The van der Waals surface area contributed by atoms with Gasteiger partial charge in [-0.05, 0) is 56.4 Å². The summed E-state index contributed by atoms with van der Waals surface area (Å²) in [6.07, 6.45) is 8.14. The molecule has 0 aromatic carbocycles. The summed E-state index contributed by atoms with van der Waals surface area (Å²) in [7, 11) is 0. The summed E-state index contributed by atoms with van der Waals surface area (Å²) in [4.78, 5) is 25.1. The molecule has 6 nitrogen and oxygen atoms in total. The van der Waals surface area contributed by atoms with Crippen LogP contribution in [-0.2, 0) is 12.8 Å². The monoisotopic (exact) mass is 362 g/mol. The first-order chi connectivity index (χ1) is 13.2. The number of aromatic nitrogens is 3. The minimum Gasteiger partial charge on any atom is -0.492 e. The lowest BCUT2D eigenvalue weighted by Crippen LogP contribution is -2.13. The zero-order valence-corrected chi connectivity index (χ0v) is 15.5. The van der Waals surface area contributed by atoms with E-state index in [9.17, 15) is 4.79 Å². The summed E-state index contributed by atoms with van der Waals surface area (Å²) in [6.45, 7) is 4.54. The number of aryl methyl sites for hydroxylation is 3. The summed E-state index contributed by atoms with van der Waals surface area (Å²) in [5, 5.41) is 2.87. The smallest absolute Gasteiger partial charge is 0.259 e. The highest BCUT2D eigenvalue weighted by Gasteiger charge is 2.24. The molecule has 1 aliphatic carbocycles. The lowest BCUT2D eigenvalue weighted by molar-refractivity contribution is 0.102. The van der Waals surface area contributed by atoms with Crippen LogP contribution >= 0.6 is 0 Å². The van der Waals surface area contributed by atoms with E-state index < -0.39 is 0 Å². The second kappa shape index (κ2) is 7.23. The number of ether oxygens (including phenoxy) is 1. The molecule has 0 aliphatic heterocycles. The third-order valence-corrected chi connectivity index (χ3v) is 4.71. The van der Waals surface area contributed by atoms with Gasteiger partial charge in [0, 0.05) is 23.7 Å². The molecule has 0 saturated heterocycles. The molecule has 1 amide bonds. The number of H-pyrrole nitrogens is 1. The number of pyridine rings is 2. The average Bonchev–Trinajstić information content (AvgIpc) is 2.99. The van der Waals surface area contributed by atoms with Crippen LogP contribution in [0.1, 0.15) is 40.5 Å². The van der Waals surface area contributed by atoms with Crippen molar-refractivity contribution in [3.63, 3.8) is 0 Å². The number of anilines is 1. The van der Waals surface area contributed by atoms with E-state index in [-0.39, 0.29) is 5.91 Å². The van der Waals surface area contributed by atoms with Crippen molar-refractivity contribution >= 4 is 11.7 Å². The number of carbonyl (C=O) groups is 1. The van der Waals surface area contributed by atoms with Gasteiger partial charge >= 0.3 is 0 Å². The van der Waals surface area contributed by atoms with Gasteiger partial charge in [-0.2, -0.15) is 0 Å². The summed E-state index contributed by atoms with van der Waals surface area (Å²) < 4.78 is 5.39. The van der Waals surface area contributed by atoms with Crippen molar-refractivity contribution < 1.29 is 9.53 Å². The molecule has 4 rings (SSSR count). The molecule has 3 aromatic heterocycles. The Labute approximate surface area is 158 Å². The molecule has 3 aromatic rings. The summed E-state index contributed by atoms with van der Waals surface area (Å²) >= 11 is 0. The van der Waals surface area contributed by atoms with Crippen molar-refractivity contribution in [1.29, 1.82) is 0 Å². The molecule has 27 heavy (non-hydrogen) atoms. The second-order valence-electron chi connectivity index (χ2n) is 6.70. The summed E-state index contributed by atoms with van der Waals surface area (Å²) in [5.41, 5.74) is 5.80. The molecule has 0 saturated carbocycles. The predicted molar refractivity (Wildman–Crippen MR) is 104 cm³/mol. The maximum Gasteiger partial charge on any atom is 0.259 e. The summed E-state index contributed by atoms with van der Waals surface area (Å²) in [5.74, 6) is 0.975. The first kappa shape index (κ1) is 17.3. The maximum atomic E-state index is 12.9. The number of rotatable bonds is 4. The molecule has 138 valence electrons. The van der Waals surface area contributed by atoms with Crippen LogP contribution in [0.3, 0.4) is 0 Å². The topological polar surface area (TPSA) is 79.9 Å². The van der Waals surface area contributed by atoms with Crippen LogP contribution in [-0.4, -0.2) is 27.5 Å². The van der Waals surface area contributed by atoms with E-state index in [1.165, 1.54) is 5.56 Å². The van der Waals surface area contributed by atoms with E-state index >= 15 is 0 Å². The van der Waals surface area contributed by atoms with E-state index in [1.54, 1.807) is 24.5 Å². The molecular formula is C21H22N4O2. The molecule has 2 N–H and O–H groups in total. The Morgan fingerprint density at radius 3 is 2.93 bits per heavy atom. The molecule has 3 heterocycles. The molecule has 0 fully saturated rings. The molecule has 0 atom stereocenters. The number of amides is 1. The van der Waals surface area contributed by atoms with Gasteiger partial charge in [0.25, 0.3) is 5.91 Å². The Morgan fingerprint density at radius 1 is 1.26 bits per heavy atom. The minimum absolute atomic E-state index is 0.195. The van der Waals surface area contributed by atoms with E-state index in [0.29, 0.717) is 23.7 Å². The molecule has 1 aliphatic rings. The lowest BCUT2D eigenvalue weighted by atomic mass is 10.0. The lowest BCUT2D eigenvalue weighted by Gasteiger charge is -2.10. The number of nitrogens with zero attached hydrogens (tertiary/aromatic N) is 2. The largest absolute Gasteiger partial charge is 0.492 e. The molecule has 0 bridgehead atoms. The van der Waals surface area contributed by atoms with Gasteiger partial charge in [0.15, 0.2) is 0 Å². The summed E-state index contributed by atoms with van der Waals surface area (Å²) in [6, 6.07) is 5.70. The third kappa shape index (κ3) is 3.43. The third-order valence-electron chi connectivity index (χ3n) is 4.71. The molecule has 6 heteroatoms. The van der Waals surface area contributed by atoms with E-state index in [4.69, 9.17) is 4.74 Å². The van der Waals surface area contributed by atoms with Gasteiger partial charge in [-0.1, -0.05) is 6.07 Å². The fraction of sp³-hybridized carbons (Fsp3) is 0.286. The Morgan fingerprint density at radius 2 is 2.15 bits per heavy atom. The van der Waals surface area contributed by atoms with Crippen molar-refractivity contribution in [3.8, 4) is 17.0 Å². The van der Waals surface area contributed by atoms with Crippen LogP contribution in [0.15, 0.2) is 36.8 Å². The number of hydrogen-bond acceptors (Lipinski definition) is 4. The second-order valence-corrected chi connectivity index (χ2v) is 6.70. The van der Waals surface area contributed by atoms with E-state index in [1.807, 2.05) is 20.0 Å². The standard InChI is InChI=1S/C21H22N4O2/c1-3-27-15-7-8-18(23-11-15)25-21(26)16-12-22-17-6-4-5-14-9-13(2)10-24-20(14)19(16)17/h7-12,22H,3-6H2,1-2H3,(H,23,25,26). The average molecular weight is 362 g/mol. The van der Waals surface area contributed by atoms with Crippen LogP contribution < -0.4 is 10.1 Å². The Hall–Kier alpha value is -3.15. The molecular weight excluding hydrogens is 340 g/mol. The number of fused-ring (bicyclic) bond motifs is 3. The Balaban J connectivity index is 1.65. The zero-order valence-electron chi connectivity index (χ0n) is 15.5. The minimum atomic E-state index is -0.195. The number of carbonyl (C=O) groups excluding carboxylic acids is 1. The molecule has 0 unspecified atom stereocenters. The Bertz CT molecular complexity index is 976. The van der Waals surface area contributed by atoms with Crippen LogP contribution in [0.5, 0.6) is 5.75 Å². The van der Waals surface area contributed by atoms with Crippen molar-refractivity contribution in [2.24, 2.45) is 0 Å². The van der Waals surface area contributed by atoms with Crippen LogP contribution in [0.25, 0.3) is 11.3 Å². The number of aromatic amines is 1. The highest BCUT2D eigenvalue weighted by atomic mass is 16.5. The number of nitrogens with one attached hydrogen (secondary N) is 2. The fourth-order valence-corrected chi connectivity index (χ4v) is 3.50. The van der Waals surface area contributed by atoms with Crippen molar-refractivity contribution in [2.45, 2.75) is 33.1 Å². The number of hydrogen-bond donors (Lipinski definition) is 2. The first-order valence-corrected chi connectivity index (χ1v) is 9.22. The van der Waals surface area contributed by atoms with Gasteiger partial charge in [-0.25, -0.2) is 4.98 Å². The fourth-order valence-electron chi connectivity index (χ4n) is 3.50. The van der Waals surface area contributed by atoms with E-state index in [0.717, 1.165) is 41.8 Å². The van der Waals surface area contributed by atoms with Gasteiger partial charge in [0.1, 0.15) is 11.6 Å². The van der Waals surface area contributed by atoms with Gasteiger partial charge in [-0.3, -0.25) is 9.78 Å². The normalized spacial score (nSPS) is 12.7. The van der Waals surface area contributed by atoms with Crippen LogP contribution in [0.4, 0.5) is 5.82 Å². The maximum absolute atomic E-state index is 12.9. The van der Waals surface area contributed by atoms with Crippen molar-refractivity contribution in [3.05, 3.63) is 59.2 Å². The van der Waals surface area contributed by atoms with Crippen LogP contribution in [0.2, 0.25) is 0 Å². The van der Waals surface area contributed by atoms with Crippen molar-refractivity contribution in [2.75, 3.05) is 11.9 Å². The van der Waals surface area contributed by atoms with Crippen molar-refractivity contribution in [1.82, 2.24) is 15.0 Å². The highest BCUT2D eigenvalue weighted by molar-refractivity contribution is 6.08. The highest BCUT2D eigenvalue weighted by Crippen LogP contribution is 2.34. The van der Waals surface area contributed by atoms with Gasteiger partial charge in [-0.15, -0.1) is 0 Å². The van der Waals surface area contributed by atoms with Crippen LogP contribution in [0, 0.1) is 6.92 Å². The van der Waals surface area contributed by atoms with Gasteiger partial charge in [0.2, 0.25) is 0 Å². The SMILES string of the molecule is CCOc1ccc(NC(=O)c2c[nH]c3c2-c2ncc(C)cc2CCC3)nc1. The first-order valence-electron chi connectivity index (χ1n) is 9.22. The Kier molecular flexibility index (Phi) is 4.62. The zero-order chi connectivity index (χ0) is 18.8. The molecule has 0 spiro atoms. The quantitative estimate of drug-likeness (QED) is 0.737. The van der Waals surface area contributed by atoms with Gasteiger partial charge in [0.05, 0.1) is 24.1 Å². The van der Waals surface area contributed by atoms with E-state index in [2.05, 4.69) is 26.3 Å².